The molecule has 3 aliphatic rings. The van der Waals surface area contributed by atoms with Crippen molar-refractivity contribution < 1.29 is 24.2 Å². The Morgan fingerprint density at radius 1 is 1.22 bits per heavy atom. The molecular weight excluding hydrogens is 350 g/mol. The molecule has 3 fully saturated rings. The standard InChI is InChI=1S/C19H25N3O5/c23-14-19-13-21(17(25)26-11-15-4-2-1-3-5-15)10-16(24)22(19)12-18(27-19)6-8-20-9-7-18/h1-5,20,23H,6-14H2. The van der Waals surface area contributed by atoms with Crippen LogP contribution >= 0.6 is 0 Å². The van der Waals surface area contributed by atoms with Gasteiger partial charge < -0.3 is 24.8 Å². The lowest BCUT2D eigenvalue weighted by Gasteiger charge is -2.43. The molecule has 8 nitrogen and oxygen atoms in total. The molecule has 1 unspecified atom stereocenters. The van der Waals surface area contributed by atoms with Crippen molar-refractivity contribution >= 4 is 12.0 Å². The Bertz CT molecular complexity index is 707. The number of carbonyl (C=O) groups is 2. The molecule has 1 spiro atoms. The summed E-state index contributed by atoms with van der Waals surface area (Å²) in [5, 5.41) is 13.4. The minimum Gasteiger partial charge on any atom is -0.445 e. The summed E-state index contributed by atoms with van der Waals surface area (Å²) in [7, 11) is 0. The molecule has 8 heteroatoms. The molecule has 4 rings (SSSR count). The first-order chi connectivity index (χ1) is 13.1. The molecule has 27 heavy (non-hydrogen) atoms. The molecule has 0 bridgehead atoms. The summed E-state index contributed by atoms with van der Waals surface area (Å²) in [6, 6.07) is 9.37. The fourth-order valence-corrected chi connectivity index (χ4v) is 4.21. The number of piperazine rings is 1. The van der Waals surface area contributed by atoms with Crippen LogP contribution in [0.1, 0.15) is 18.4 Å². The monoisotopic (exact) mass is 375 g/mol. The van der Waals surface area contributed by atoms with E-state index >= 15 is 0 Å². The maximum atomic E-state index is 12.7. The lowest BCUT2D eigenvalue weighted by atomic mass is 9.92. The quantitative estimate of drug-likeness (QED) is 0.790. The van der Waals surface area contributed by atoms with E-state index in [0.717, 1.165) is 31.5 Å². The predicted molar refractivity (Wildman–Crippen MR) is 95.6 cm³/mol. The number of aliphatic hydroxyl groups excluding tert-OH is 1. The van der Waals surface area contributed by atoms with Crippen LogP contribution in [0, 0.1) is 0 Å². The van der Waals surface area contributed by atoms with Gasteiger partial charge in [-0.1, -0.05) is 30.3 Å². The number of ether oxygens (including phenoxy) is 2. The van der Waals surface area contributed by atoms with Gasteiger partial charge in [0.05, 0.1) is 25.3 Å². The summed E-state index contributed by atoms with van der Waals surface area (Å²) in [5.41, 5.74) is -0.759. The average Bonchev–Trinajstić information content (AvgIpc) is 3.02. The summed E-state index contributed by atoms with van der Waals surface area (Å²) in [4.78, 5) is 28.2. The van der Waals surface area contributed by atoms with E-state index in [1.54, 1.807) is 4.90 Å². The number of hydrogen-bond acceptors (Lipinski definition) is 6. The zero-order valence-electron chi connectivity index (χ0n) is 15.2. The maximum absolute atomic E-state index is 12.7. The summed E-state index contributed by atoms with van der Waals surface area (Å²) in [5.74, 6) is -0.220. The molecule has 0 aliphatic carbocycles. The predicted octanol–water partition coefficient (Wildman–Crippen LogP) is 0.308. The van der Waals surface area contributed by atoms with Gasteiger partial charge in [0.1, 0.15) is 13.2 Å². The molecule has 3 aliphatic heterocycles. The van der Waals surface area contributed by atoms with Gasteiger partial charge >= 0.3 is 6.09 Å². The summed E-state index contributed by atoms with van der Waals surface area (Å²) < 4.78 is 11.7. The number of benzene rings is 1. The van der Waals surface area contributed by atoms with Crippen LogP contribution in [-0.2, 0) is 20.9 Å². The maximum Gasteiger partial charge on any atom is 0.410 e. The summed E-state index contributed by atoms with van der Waals surface area (Å²) >= 11 is 0. The third-order valence-corrected chi connectivity index (χ3v) is 5.63. The van der Waals surface area contributed by atoms with E-state index in [2.05, 4.69) is 5.32 Å². The highest BCUT2D eigenvalue weighted by Gasteiger charge is 2.59. The highest BCUT2D eigenvalue weighted by atomic mass is 16.6. The van der Waals surface area contributed by atoms with Gasteiger partial charge in [-0.15, -0.1) is 0 Å². The van der Waals surface area contributed by atoms with Crippen LogP contribution in [-0.4, -0.2) is 77.6 Å². The lowest BCUT2D eigenvalue weighted by molar-refractivity contribution is -0.195. The Morgan fingerprint density at radius 3 is 2.67 bits per heavy atom. The first kappa shape index (κ1) is 18.2. The molecule has 1 aromatic carbocycles. The molecule has 0 aromatic heterocycles. The van der Waals surface area contributed by atoms with E-state index in [0.29, 0.717) is 6.54 Å². The molecule has 0 saturated carbocycles. The van der Waals surface area contributed by atoms with Crippen LogP contribution in [0.15, 0.2) is 30.3 Å². The number of piperidine rings is 1. The average molecular weight is 375 g/mol. The Balaban J connectivity index is 1.46. The van der Waals surface area contributed by atoms with E-state index in [9.17, 15) is 14.7 Å². The van der Waals surface area contributed by atoms with E-state index in [-0.39, 0.29) is 32.2 Å². The number of rotatable bonds is 3. The van der Waals surface area contributed by atoms with Crippen molar-refractivity contribution in [2.24, 2.45) is 0 Å². The summed E-state index contributed by atoms with van der Waals surface area (Å²) in [6.07, 6.45) is 0.975. The number of fused-ring (bicyclic) bond motifs is 1. The molecular formula is C19H25N3O5. The van der Waals surface area contributed by atoms with Crippen LogP contribution in [0.3, 0.4) is 0 Å². The van der Waals surface area contributed by atoms with Gasteiger partial charge in [0.2, 0.25) is 5.91 Å². The van der Waals surface area contributed by atoms with Crippen molar-refractivity contribution in [1.29, 1.82) is 0 Å². The number of aliphatic hydroxyl groups is 1. The molecule has 2 amide bonds. The number of nitrogens with zero attached hydrogens (tertiary/aromatic N) is 2. The van der Waals surface area contributed by atoms with Crippen molar-refractivity contribution in [2.45, 2.75) is 30.8 Å². The molecule has 1 atom stereocenters. The van der Waals surface area contributed by atoms with Gasteiger partial charge in [0.25, 0.3) is 0 Å². The Hall–Kier alpha value is -2.16. The van der Waals surface area contributed by atoms with Crippen LogP contribution in [0.4, 0.5) is 4.79 Å². The normalized spacial score (nSPS) is 26.9. The summed E-state index contributed by atoms with van der Waals surface area (Å²) in [6.45, 7) is 1.91. The van der Waals surface area contributed by atoms with E-state index in [4.69, 9.17) is 9.47 Å². The lowest BCUT2D eigenvalue weighted by Crippen LogP contribution is -2.65. The van der Waals surface area contributed by atoms with Crippen LogP contribution in [0.5, 0.6) is 0 Å². The highest BCUT2D eigenvalue weighted by molar-refractivity contribution is 5.84. The smallest absolute Gasteiger partial charge is 0.410 e. The van der Waals surface area contributed by atoms with Crippen molar-refractivity contribution in [3.63, 3.8) is 0 Å². The van der Waals surface area contributed by atoms with E-state index in [1.165, 1.54) is 4.90 Å². The van der Waals surface area contributed by atoms with Crippen molar-refractivity contribution in [3.05, 3.63) is 35.9 Å². The Labute approximate surface area is 158 Å². The van der Waals surface area contributed by atoms with Crippen molar-refractivity contribution in [2.75, 3.05) is 39.3 Å². The van der Waals surface area contributed by atoms with Gasteiger partial charge in [-0.05, 0) is 31.5 Å². The fourth-order valence-electron chi connectivity index (χ4n) is 4.21. The third-order valence-electron chi connectivity index (χ3n) is 5.63. The fraction of sp³-hybridized carbons (Fsp3) is 0.579. The highest BCUT2D eigenvalue weighted by Crippen LogP contribution is 2.41. The van der Waals surface area contributed by atoms with Gasteiger partial charge in [0, 0.05) is 0 Å². The van der Waals surface area contributed by atoms with Gasteiger partial charge in [-0.2, -0.15) is 0 Å². The molecule has 2 N–H and O–H groups in total. The second-order valence-electron chi connectivity index (χ2n) is 7.52. The number of nitrogens with one attached hydrogen (secondary N) is 1. The Morgan fingerprint density at radius 2 is 1.96 bits per heavy atom. The van der Waals surface area contributed by atoms with E-state index in [1.807, 2.05) is 30.3 Å². The molecule has 146 valence electrons. The van der Waals surface area contributed by atoms with Gasteiger partial charge in [-0.3, -0.25) is 9.69 Å². The van der Waals surface area contributed by atoms with Crippen molar-refractivity contribution in [3.8, 4) is 0 Å². The number of amides is 2. The second kappa shape index (κ2) is 7.10. The zero-order chi connectivity index (χ0) is 18.9. The first-order valence-electron chi connectivity index (χ1n) is 9.34. The zero-order valence-corrected chi connectivity index (χ0v) is 15.2. The van der Waals surface area contributed by atoms with E-state index < -0.39 is 17.4 Å². The van der Waals surface area contributed by atoms with Crippen LogP contribution in [0.25, 0.3) is 0 Å². The van der Waals surface area contributed by atoms with Crippen molar-refractivity contribution in [1.82, 2.24) is 15.1 Å². The topological polar surface area (TPSA) is 91.3 Å². The molecule has 0 radical (unpaired) electrons. The molecule has 1 aromatic rings. The van der Waals surface area contributed by atoms with Gasteiger partial charge in [0.15, 0.2) is 5.72 Å². The number of carbonyl (C=O) groups excluding carboxylic acids is 2. The van der Waals surface area contributed by atoms with Crippen LogP contribution < -0.4 is 5.32 Å². The minimum absolute atomic E-state index is 0.0624. The third kappa shape index (κ3) is 3.40. The van der Waals surface area contributed by atoms with Gasteiger partial charge in [-0.25, -0.2) is 4.79 Å². The SMILES string of the molecule is O=C(OCc1ccccc1)N1CC(=O)N2CC3(CCNCC3)OC2(CO)C1. The second-order valence-corrected chi connectivity index (χ2v) is 7.52. The van der Waals surface area contributed by atoms with Crippen LogP contribution in [0.2, 0.25) is 0 Å². The minimum atomic E-state index is -1.18. The number of hydrogen-bond donors (Lipinski definition) is 2. The molecule has 3 heterocycles. The Kier molecular flexibility index (Phi) is 4.79. The first-order valence-corrected chi connectivity index (χ1v) is 9.34. The largest absolute Gasteiger partial charge is 0.445 e. The molecule has 3 saturated heterocycles.